The predicted octanol–water partition coefficient (Wildman–Crippen LogP) is 3.48. The third-order valence-electron chi connectivity index (χ3n) is 4.15. The van der Waals surface area contributed by atoms with Crippen LogP contribution in [0.2, 0.25) is 0 Å². The Hall–Kier alpha value is -2.00. The Morgan fingerprint density at radius 1 is 1.10 bits per heavy atom. The van der Waals surface area contributed by atoms with Gasteiger partial charge in [0, 0.05) is 11.6 Å². The van der Waals surface area contributed by atoms with Gasteiger partial charge in [0.1, 0.15) is 18.1 Å². The first-order valence-corrected chi connectivity index (χ1v) is 7.37. The van der Waals surface area contributed by atoms with Crippen LogP contribution in [0.3, 0.4) is 0 Å². The number of rotatable bonds is 5. The molecule has 0 heterocycles. The fraction of sp³-hybridized carbons (Fsp3) is 0.333. The summed E-state index contributed by atoms with van der Waals surface area (Å²) in [5, 5.41) is 3.36. The van der Waals surface area contributed by atoms with Crippen molar-refractivity contribution in [2.24, 2.45) is 0 Å². The van der Waals surface area contributed by atoms with Gasteiger partial charge in [0.15, 0.2) is 0 Å². The molecule has 0 aromatic heterocycles. The third-order valence-corrected chi connectivity index (χ3v) is 4.15. The van der Waals surface area contributed by atoms with Crippen LogP contribution in [0.5, 0.6) is 11.5 Å². The topological polar surface area (TPSA) is 30.5 Å². The molecule has 2 aromatic carbocycles. The Labute approximate surface area is 125 Å². The van der Waals surface area contributed by atoms with Gasteiger partial charge in [0.25, 0.3) is 0 Å². The minimum absolute atomic E-state index is 0.454. The minimum Gasteiger partial charge on any atom is -0.496 e. The summed E-state index contributed by atoms with van der Waals surface area (Å²) in [6.45, 7) is 0.532. The number of para-hydroxylation sites is 1. The average Bonchev–Trinajstić information content (AvgIpc) is 2.96. The molecule has 3 nitrogen and oxygen atoms in total. The van der Waals surface area contributed by atoms with Crippen LogP contribution in [0.4, 0.5) is 0 Å². The summed E-state index contributed by atoms with van der Waals surface area (Å²) in [5.74, 6) is 1.87. The summed E-state index contributed by atoms with van der Waals surface area (Å²) < 4.78 is 11.4. The van der Waals surface area contributed by atoms with E-state index in [0.717, 1.165) is 29.9 Å². The van der Waals surface area contributed by atoms with Crippen LogP contribution in [0.25, 0.3) is 0 Å². The number of nitrogens with one attached hydrogen (secondary N) is 1. The molecule has 21 heavy (non-hydrogen) atoms. The van der Waals surface area contributed by atoms with Crippen molar-refractivity contribution in [2.45, 2.75) is 25.5 Å². The first-order valence-electron chi connectivity index (χ1n) is 7.37. The van der Waals surface area contributed by atoms with Gasteiger partial charge in [-0.3, -0.25) is 0 Å². The summed E-state index contributed by atoms with van der Waals surface area (Å²) >= 11 is 0. The van der Waals surface area contributed by atoms with E-state index in [1.54, 1.807) is 7.11 Å². The fourth-order valence-electron chi connectivity index (χ4n) is 3.03. The molecule has 0 spiro atoms. The van der Waals surface area contributed by atoms with Gasteiger partial charge in [-0.15, -0.1) is 0 Å². The highest BCUT2D eigenvalue weighted by Crippen LogP contribution is 2.37. The van der Waals surface area contributed by atoms with Crippen LogP contribution >= 0.6 is 0 Å². The maximum absolute atomic E-state index is 6.06. The Bertz CT molecular complexity index is 624. The highest BCUT2D eigenvalue weighted by atomic mass is 16.5. The van der Waals surface area contributed by atoms with Gasteiger partial charge in [-0.05, 0) is 43.1 Å². The lowest BCUT2D eigenvalue weighted by Gasteiger charge is -2.14. The quantitative estimate of drug-likeness (QED) is 0.911. The zero-order chi connectivity index (χ0) is 14.7. The minimum atomic E-state index is 0.454. The maximum atomic E-state index is 6.06. The number of fused-ring (bicyclic) bond motifs is 1. The molecule has 3 heteroatoms. The van der Waals surface area contributed by atoms with Gasteiger partial charge in [-0.25, -0.2) is 0 Å². The monoisotopic (exact) mass is 283 g/mol. The van der Waals surface area contributed by atoms with E-state index in [-0.39, 0.29) is 0 Å². The van der Waals surface area contributed by atoms with Crippen LogP contribution in [0.1, 0.15) is 29.2 Å². The van der Waals surface area contributed by atoms with Gasteiger partial charge in [-0.1, -0.05) is 30.3 Å². The summed E-state index contributed by atoms with van der Waals surface area (Å²) in [6, 6.07) is 14.8. The third kappa shape index (κ3) is 2.74. The molecule has 0 radical (unpaired) electrons. The standard InChI is InChI=1S/C18H21NO2/c1-19-16-11-10-15-14(16)7-5-9-18(15)21-12-13-6-3-4-8-17(13)20-2/h3-9,16,19H,10-12H2,1-2H3. The molecule has 0 bridgehead atoms. The second kappa shape index (κ2) is 6.19. The van der Waals surface area contributed by atoms with Crippen LogP contribution < -0.4 is 14.8 Å². The molecule has 0 fully saturated rings. The summed E-state index contributed by atoms with van der Waals surface area (Å²) in [7, 11) is 3.71. The molecule has 0 amide bonds. The second-order valence-corrected chi connectivity index (χ2v) is 5.30. The van der Waals surface area contributed by atoms with Crippen molar-refractivity contribution >= 4 is 0 Å². The maximum Gasteiger partial charge on any atom is 0.125 e. The first-order chi connectivity index (χ1) is 10.3. The van der Waals surface area contributed by atoms with E-state index in [4.69, 9.17) is 9.47 Å². The predicted molar refractivity (Wildman–Crippen MR) is 83.9 cm³/mol. The Balaban J connectivity index is 1.79. The molecular weight excluding hydrogens is 262 g/mol. The first kappa shape index (κ1) is 14.0. The average molecular weight is 283 g/mol. The van der Waals surface area contributed by atoms with E-state index < -0.39 is 0 Å². The molecule has 1 N–H and O–H groups in total. The molecule has 0 saturated heterocycles. The van der Waals surface area contributed by atoms with Crippen molar-refractivity contribution in [3.63, 3.8) is 0 Å². The Morgan fingerprint density at radius 2 is 1.90 bits per heavy atom. The van der Waals surface area contributed by atoms with Crippen molar-refractivity contribution < 1.29 is 9.47 Å². The van der Waals surface area contributed by atoms with E-state index in [1.807, 2.05) is 31.3 Å². The second-order valence-electron chi connectivity index (χ2n) is 5.30. The van der Waals surface area contributed by atoms with Crippen molar-refractivity contribution in [1.29, 1.82) is 0 Å². The molecule has 0 saturated carbocycles. The number of methoxy groups -OCH3 is 1. The molecule has 110 valence electrons. The number of ether oxygens (including phenoxy) is 2. The van der Waals surface area contributed by atoms with Crippen molar-refractivity contribution in [2.75, 3.05) is 14.2 Å². The van der Waals surface area contributed by atoms with Gasteiger partial charge in [-0.2, -0.15) is 0 Å². The van der Waals surface area contributed by atoms with E-state index in [9.17, 15) is 0 Å². The highest BCUT2D eigenvalue weighted by molar-refractivity contribution is 5.45. The van der Waals surface area contributed by atoms with E-state index in [2.05, 4.69) is 23.5 Å². The largest absolute Gasteiger partial charge is 0.496 e. The van der Waals surface area contributed by atoms with E-state index >= 15 is 0 Å². The lowest BCUT2D eigenvalue weighted by Crippen LogP contribution is -2.12. The molecule has 1 aliphatic carbocycles. The lowest BCUT2D eigenvalue weighted by atomic mass is 10.1. The Kier molecular flexibility index (Phi) is 4.11. The molecule has 3 rings (SSSR count). The summed E-state index contributed by atoms with van der Waals surface area (Å²) in [4.78, 5) is 0. The van der Waals surface area contributed by atoms with Crippen molar-refractivity contribution in [3.8, 4) is 11.5 Å². The normalized spacial score (nSPS) is 16.6. The fourth-order valence-corrected chi connectivity index (χ4v) is 3.03. The molecule has 0 aliphatic heterocycles. The number of hydrogen-bond donors (Lipinski definition) is 1. The van der Waals surface area contributed by atoms with Gasteiger partial charge in [0.05, 0.1) is 7.11 Å². The SMILES string of the molecule is CNC1CCc2c(OCc3ccccc3OC)cccc21. The summed E-state index contributed by atoms with van der Waals surface area (Å²) in [6.07, 6.45) is 2.21. The molecule has 1 atom stereocenters. The van der Waals surface area contributed by atoms with Gasteiger partial charge >= 0.3 is 0 Å². The molecule has 1 aliphatic rings. The number of hydrogen-bond acceptors (Lipinski definition) is 3. The molecular formula is C18H21NO2. The van der Waals surface area contributed by atoms with Crippen LogP contribution in [0, 0.1) is 0 Å². The van der Waals surface area contributed by atoms with Crippen molar-refractivity contribution in [1.82, 2.24) is 5.32 Å². The van der Waals surface area contributed by atoms with Gasteiger partial charge < -0.3 is 14.8 Å². The zero-order valence-electron chi connectivity index (χ0n) is 12.6. The van der Waals surface area contributed by atoms with Crippen LogP contribution in [0.15, 0.2) is 42.5 Å². The Morgan fingerprint density at radius 3 is 2.71 bits per heavy atom. The zero-order valence-corrected chi connectivity index (χ0v) is 12.6. The van der Waals surface area contributed by atoms with E-state index in [0.29, 0.717) is 12.6 Å². The van der Waals surface area contributed by atoms with Gasteiger partial charge in [0.2, 0.25) is 0 Å². The number of benzene rings is 2. The smallest absolute Gasteiger partial charge is 0.125 e. The summed E-state index contributed by atoms with van der Waals surface area (Å²) in [5.41, 5.74) is 3.78. The van der Waals surface area contributed by atoms with Crippen molar-refractivity contribution in [3.05, 3.63) is 59.2 Å². The van der Waals surface area contributed by atoms with Crippen LogP contribution in [-0.2, 0) is 13.0 Å². The van der Waals surface area contributed by atoms with Crippen LogP contribution in [-0.4, -0.2) is 14.2 Å². The molecule has 1 unspecified atom stereocenters. The molecule has 2 aromatic rings. The van der Waals surface area contributed by atoms with E-state index in [1.165, 1.54) is 11.1 Å². The highest BCUT2D eigenvalue weighted by Gasteiger charge is 2.23. The lowest BCUT2D eigenvalue weighted by molar-refractivity contribution is 0.294.